The number of benzene rings is 1. The van der Waals surface area contributed by atoms with Gasteiger partial charge >= 0.3 is 0 Å². The number of rotatable bonds is 8. The number of hydrogen-bond acceptors (Lipinski definition) is 4. The molecule has 140 valence electrons. The lowest BCUT2D eigenvalue weighted by atomic mass is 10.0. The van der Waals surface area contributed by atoms with Crippen molar-refractivity contribution in [3.8, 4) is 0 Å². The van der Waals surface area contributed by atoms with Crippen LogP contribution in [0.5, 0.6) is 0 Å². The minimum Gasteiger partial charge on any atom is -0.376 e. The van der Waals surface area contributed by atoms with E-state index in [-0.39, 0.29) is 23.9 Å². The van der Waals surface area contributed by atoms with E-state index >= 15 is 0 Å². The van der Waals surface area contributed by atoms with Gasteiger partial charge in [-0.2, -0.15) is 0 Å². The zero-order valence-electron chi connectivity index (χ0n) is 14.9. The van der Waals surface area contributed by atoms with Crippen LogP contribution in [0.25, 0.3) is 0 Å². The third kappa shape index (κ3) is 5.92. The first-order valence-electron chi connectivity index (χ1n) is 8.73. The minimum absolute atomic E-state index is 0.0333. The Labute approximate surface area is 153 Å². The molecule has 1 saturated heterocycles. The van der Waals surface area contributed by atoms with E-state index in [9.17, 15) is 9.18 Å². The maximum Gasteiger partial charge on any atom is 0.220 e. The molecule has 7 heteroatoms. The lowest BCUT2D eigenvalue weighted by Crippen LogP contribution is -2.47. The second kappa shape index (κ2) is 10.1. The van der Waals surface area contributed by atoms with Crippen molar-refractivity contribution in [2.75, 3.05) is 39.8 Å². The van der Waals surface area contributed by atoms with Gasteiger partial charge in [0.2, 0.25) is 5.91 Å². The van der Waals surface area contributed by atoms with Gasteiger partial charge in [-0.05, 0) is 39.1 Å². The summed E-state index contributed by atoms with van der Waals surface area (Å²) >= 11 is 6.28. The molecule has 0 radical (unpaired) electrons. The zero-order valence-corrected chi connectivity index (χ0v) is 15.6. The van der Waals surface area contributed by atoms with Gasteiger partial charge in [0.05, 0.1) is 18.8 Å². The second-order valence-electron chi connectivity index (χ2n) is 6.34. The highest BCUT2D eigenvalue weighted by molar-refractivity contribution is 6.31. The molecular weight excluding hydrogens is 345 g/mol. The molecular formula is C18H27ClFN3O2. The summed E-state index contributed by atoms with van der Waals surface area (Å²) in [6.07, 6.45) is 1.27. The smallest absolute Gasteiger partial charge is 0.220 e. The van der Waals surface area contributed by atoms with Crippen LogP contribution in [0.1, 0.15) is 31.4 Å². The Kier molecular flexibility index (Phi) is 8.09. The Hall–Kier alpha value is -1.21. The van der Waals surface area contributed by atoms with Gasteiger partial charge in [-0.25, -0.2) is 4.39 Å². The first-order valence-corrected chi connectivity index (χ1v) is 9.11. The average molecular weight is 372 g/mol. The fourth-order valence-electron chi connectivity index (χ4n) is 3.10. The van der Waals surface area contributed by atoms with Crippen molar-refractivity contribution in [2.24, 2.45) is 0 Å². The summed E-state index contributed by atoms with van der Waals surface area (Å²) in [6.45, 7) is 5.03. The van der Waals surface area contributed by atoms with E-state index in [4.69, 9.17) is 16.3 Å². The Morgan fingerprint density at radius 1 is 1.52 bits per heavy atom. The number of ether oxygens (including phenoxy) is 1. The Morgan fingerprint density at radius 3 is 3.00 bits per heavy atom. The molecule has 0 spiro atoms. The van der Waals surface area contributed by atoms with E-state index in [0.29, 0.717) is 43.2 Å². The molecule has 1 aromatic rings. The van der Waals surface area contributed by atoms with Crippen molar-refractivity contribution in [3.05, 3.63) is 34.6 Å². The molecule has 25 heavy (non-hydrogen) atoms. The number of carbonyl (C=O) groups is 1. The number of morpholine rings is 1. The Balaban J connectivity index is 2.11. The third-order valence-electron chi connectivity index (χ3n) is 4.37. The van der Waals surface area contributed by atoms with Crippen LogP contribution in [-0.4, -0.2) is 56.7 Å². The van der Waals surface area contributed by atoms with Crippen molar-refractivity contribution in [3.63, 3.8) is 0 Å². The summed E-state index contributed by atoms with van der Waals surface area (Å²) in [5, 5.41) is 6.33. The zero-order chi connectivity index (χ0) is 18.2. The van der Waals surface area contributed by atoms with Gasteiger partial charge in [0.25, 0.3) is 0 Å². The Bertz CT molecular complexity index is 553. The van der Waals surface area contributed by atoms with Crippen molar-refractivity contribution in [1.82, 2.24) is 15.5 Å². The molecule has 2 rings (SSSR count). The van der Waals surface area contributed by atoms with Crippen LogP contribution >= 0.6 is 11.6 Å². The van der Waals surface area contributed by atoms with E-state index in [0.717, 1.165) is 13.0 Å². The van der Waals surface area contributed by atoms with Gasteiger partial charge in [-0.3, -0.25) is 9.69 Å². The van der Waals surface area contributed by atoms with Crippen LogP contribution < -0.4 is 10.6 Å². The molecule has 2 unspecified atom stereocenters. The van der Waals surface area contributed by atoms with E-state index in [1.54, 1.807) is 12.1 Å². The summed E-state index contributed by atoms with van der Waals surface area (Å²) in [7, 11) is 1.85. The maximum atomic E-state index is 14.5. The predicted octanol–water partition coefficient (Wildman–Crippen LogP) is 2.36. The summed E-state index contributed by atoms with van der Waals surface area (Å²) < 4.78 is 20.0. The highest BCUT2D eigenvalue weighted by atomic mass is 35.5. The summed E-state index contributed by atoms with van der Waals surface area (Å²) in [6, 6.07) is 4.38. The summed E-state index contributed by atoms with van der Waals surface area (Å²) in [5.41, 5.74) is 0.439. The monoisotopic (exact) mass is 371 g/mol. The van der Waals surface area contributed by atoms with E-state index in [2.05, 4.69) is 15.5 Å². The van der Waals surface area contributed by atoms with Crippen LogP contribution in [-0.2, 0) is 9.53 Å². The fraction of sp³-hybridized carbons (Fsp3) is 0.611. The molecule has 2 atom stereocenters. The molecule has 2 N–H and O–H groups in total. The second-order valence-corrected chi connectivity index (χ2v) is 6.75. The molecule has 0 bridgehead atoms. The maximum absolute atomic E-state index is 14.5. The normalized spacial score (nSPS) is 19.6. The molecule has 0 aliphatic carbocycles. The molecule has 1 aromatic carbocycles. The molecule has 0 saturated carbocycles. The lowest BCUT2D eigenvalue weighted by Gasteiger charge is -2.38. The van der Waals surface area contributed by atoms with Gasteiger partial charge < -0.3 is 15.4 Å². The van der Waals surface area contributed by atoms with Crippen LogP contribution in [0.2, 0.25) is 5.02 Å². The average Bonchev–Trinajstić information content (AvgIpc) is 2.57. The van der Waals surface area contributed by atoms with Gasteiger partial charge in [0, 0.05) is 36.6 Å². The first kappa shape index (κ1) is 20.1. The van der Waals surface area contributed by atoms with Crippen LogP contribution in [0.15, 0.2) is 18.2 Å². The summed E-state index contributed by atoms with van der Waals surface area (Å²) in [5.74, 6) is -0.380. The van der Waals surface area contributed by atoms with E-state index < -0.39 is 0 Å². The molecule has 1 aliphatic rings. The highest BCUT2D eigenvalue weighted by Gasteiger charge is 2.29. The number of halogens is 2. The minimum atomic E-state index is -0.346. The number of amides is 1. The van der Waals surface area contributed by atoms with Crippen LogP contribution in [0.3, 0.4) is 0 Å². The lowest BCUT2D eigenvalue weighted by molar-refractivity contribution is -0.121. The highest BCUT2D eigenvalue weighted by Crippen LogP contribution is 2.31. The molecule has 0 aromatic heterocycles. The van der Waals surface area contributed by atoms with E-state index in [1.165, 1.54) is 6.07 Å². The van der Waals surface area contributed by atoms with Crippen molar-refractivity contribution in [1.29, 1.82) is 0 Å². The molecule has 1 amide bonds. The molecule has 1 aliphatic heterocycles. The predicted molar refractivity (Wildman–Crippen MR) is 97.3 cm³/mol. The van der Waals surface area contributed by atoms with Gasteiger partial charge in [0.1, 0.15) is 5.82 Å². The fourth-order valence-corrected chi connectivity index (χ4v) is 3.38. The number of carbonyl (C=O) groups excluding carboxylic acids is 1. The van der Waals surface area contributed by atoms with Crippen molar-refractivity contribution >= 4 is 17.5 Å². The first-order chi connectivity index (χ1) is 12.0. The molecule has 1 fully saturated rings. The van der Waals surface area contributed by atoms with Gasteiger partial charge in [-0.15, -0.1) is 0 Å². The quantitative estimate of drug-likeness (QED) is 0.689. The van der Waals surface area contributed by atoms with Gasteiger partial charge in [-0.1, -0.05) is 17.7 Å². The van der Waals surface area contributed by atoms with Crippen LogP contribution in [0.4, 0.5) is 4.39 Å². The van der Waals surface area contributed by atoms with Gasteiger partial charge in [0.15, 0.2) is 0 Å². The van der Waals surface area contributed by atoms with Crippen molar-refractivity contribution in [2.45, 2.75) is 31.9 Å². The number of nitrogens with one attached hydrogen (secondary N) is 2. The number of nitrogens with zero attached hydrogens (tertiary/aromatic N) is 1. The topological polar surface area (TPSA) is 53.6 Å². The van der Waals surface area contributed by atoms with Crippen molar-refractivity contribution < 1.29 is 13.9 Å². The van der Waals surface area contributed by atoms with Crippen LogP contribution in [0, 0.1) is 5.82 Å². The summed E-state index contributed by atoms with van der Waals surface area (Å²) in [4.78, 5) is 14.2. The largest absolute Gasteiger partial charge is 0.376 e. The van der Waals surface area contributed by atoms with E-state index in [1.807, 2.05) is 14.0 Å². The standard InChI is InChI=1S/C18H27ClFN3O2/c1-13-12-23(9-10-25-13)16(11-22-17(24)7-4-8-21-2)18-14(19)5-3-6-15(18)20/h3,5-6,13,16,21H,4,7-12H2,1-2H3,(H,22,24). The molecule has 1 heterocycles. The molecule has 5 nitrogen and oxygen atoms in total. The third-order valence-corrected chi connectivity index (χ3v) is 4.70. The SMILES string of the molecule is CNCCCC(=O)NCC(c1c(F)cccc1Cl)N1CCOC(C)C1. The number of hydrogen-bond donors (Lipinski definition) is 2. The Morgan fingerprint density at radius 2 is 2.32 bits per heavy atom.